The number of rotatable bonds is 1. The molecule has 86 valence electrons. The number of carbonyl (C=O) groups is 1. The van der Waals surface area contributed by atoms with Gasteiger partial charge < -0.3 is 15.4 Å². The van der Waals surface area contributed by atoms with Gasteiger partial charge in [0.05, 0.1) is 6.04 Å². The van der Waals surface area contributed by atoms with Crippen LogP contribution in [0.4, 0.5) is 9.18 Å². The van der Waals surface area contributed by atoms with Gasteiger partial charge in [0.25, 0.3) is 0 Å². The summed E-state index contributed by atoms with van der Waals surface area (Å²) in [7, 11) is 0. The Hall–Kier alpha value is -0.840. The zero-order valence-electron chi connectivity index (χ0n) is 9.26. The summed E-state index contributed by atoms with van der Waals surface area (Å²) in [4.78, 5) is 11.4. The molecule has 1 amide bonds. The molecular formula is C10H17FN2O2. The van der Waals surface area contributed by atoms with Crippen molar-refractivity contribution in [3.8, 4) is 0 Å². The Bertz CT molecular complexity index is 290. The number of alkyl halides is 1. The van der Waals surface area contributed by atoms with Crippen molar-refractivity contribution >= 4 is 6.09 Å². The fourth-order valence-electron chi connectivity index (χ4n) is 2.09. The molecule has 0 aromatic carbocycles. The first-order chi connectivity index (χ1) is 6.83. The highest BCUT2D eigenvalue weighted by atomic mass is 19.1. The summed E-state index contributed by atoms with van der Waals surface area (Å²) in [5.41, 5.74) is -1.77. The van der Waals surface area contributed by atoms with Crippen LogP contribution in [0.5, 0.6) is 0 Å². The third-order valence-electron chi connectivity index (χ3n) is 2.86. The lowest BCUT2D eigenvalue weighted by atomic mass is 10.2. The van der Waals surface area contributed by atoms with Crippen LogP contribution >= 0.6 is 0 Å². The molecule has 1 saturated carbocycles. The number of piperidine rings is 1. The molecular weight excluding hydrogens is 199 g/mol. The van der Waals surface area contributed by atoms with Crippen molar-refractivity contribution in [1.29, 1.82) is 0 Å². The molecule has 0 bridgehead atoms. The summed E-state index contributed by atoms with van der Waals surface area (Å²) >= 11 is 0. The SMILES string of the molecule is CC(C)(C)OC(=O)NC1C2CNC[C@@]21F. The van der Waals surface area contributed by atoms with Crippen molar-refractivity contribution < 1.29 is 13.9 Å². The fourth-order valence-corrected chi connectivity index (χ4v) is 2.09. The van der Waals surface area contributed by atoms with Crippen LogP contribution < -0.4 is 10.6 Å². The molecule has 2 aliphatic rings. The molecule has 0 spiro atoms. The van der Waals surface area contributed by atoms with Gasteiger partial charge >= 0.3 is 6.09 Å². The standard InChI is InChI=1S/C10H17FN2O2/c1-9(2,3)15-8(14)13-7-6-4-12-5-10(6,7)11/h6-7,12H,4-5H2,1-3H3,(H,13,14)/t6?,7?,10-/m1/s1. The number of hydrogen-bond donors (Lipinski definition) is 2. The van der Waals surface area contributed by atoms with Gasteiger partial charge in [0.15, 0.2) is 0 Å². The number of fused-ring (bicyclic) bond motifs is 1. The van der Waals surface area contributed by atoms with Gasteiger partial charge in [-0.25, -0.2) is 9.18 Å². The number of carbonyl (C=O) groups excluding carboxylic acids is 1. The zero-order valence-corrected chi connectivity index (χ0v) is 9.26. The molecule has 2 fully saturated rings. The van der Waals surface area contributed by atoms with Gasteiger partial charge in [-0.2, -0.15) is 0 Å². The minimum absolute atomic E-state index is 0.0787. The summed E-state index contributed by atoms with van der Waals surface area (Å²) in [6, 6.07) is -0.367. The van der Waals surface area contributed by atoms with Crippen molar-refractivity contribution in [3.05, 3.63) is 0 Å². The molecule has 2 unspecified atom stereocenters. The Labute approximate surface area is 88.6 Å². The van der Waals surface area contributed by atoms with Gasteiger partial charge in [0.2, 0.25) is 0 Å². The Morgan fingerprint density at radius 3 is 2.73 bits per heavy atom. The second-order valence-electron chi connectivity index (χ2n) is 5.29. The number of nitrogens with one attached hydrogen (secondary N) is 2. The fraction of sp³-hybridized carbons (Fsp3) is 0.900. The molecule has 3 atom stereocenters. The molecule has 1 saturated heterocycles. The van der Waals surface area contributed by atoms with E-state index in [2.05, 4.69) is 10.6 Å². The largest absolute Gasteiger partial charge is 0.444 e. The van der Waals surface area contributed by atoms with Crippen molar-refractivity contribution in [1.82, 2.24) is 10.6 Å². The molecule has 0 aromatic rings. The van der Waals surface area contributed by atoms with Gasteiger partial charge in [-0.1, -0.05) is 0 Å². The topological polar surface area (TPSA) is 50.4 Å². The second kappa shape index (κ2) is 3.07. The Balaban J connectivity index is 1.82. The predicted octanol–water partition coefficient (Wildman–Crippen LogP) is 0.821. The van der Waals surface area contributed by atoms with Gasteiger partial charge in [-0.05, 0) is 20.8 Å². The van der Waals surface area contributed by atoms with E-state index >= 15 is 0 Å². The Morgan fingerprint density at radius 2 is 2.27 bits per heavy atom. The summed E-state index contributed by atoms with van der Waals surface area (Å²) < 4.78 is 18.9. The van der Waals surface area contributed by atoms with Crippen LogP contribution in [0.2, 0.25) is 0 Å². The molecule has 0 aromatic heterocycles. The molecule has 1 heterocycles. The highest BCUT2D eigenvalue weighted by molar-refractivity contribution is 5.69. The van der Waals surface area contributed by atoms with E-state index in [-0.39, 0.29) is 12.0 Å². The van der Waals surface area contributed by atoms with E-state index in [0.29, 0.717) is 13.1 Å². The van der Waals surface area contributed by atoms with Crippen LogP contribution in [-0.4, -0.2) is 36.5 Å². The van der Waals surface area contributed by atoms with Gasteiger partial charge in [0, 0.05) is 19.0 Å². The average molecular weight is 216 g/mol. The predicted molar refractivity (Wildman–Crippen MR) is 53.4 cm³/mol. The molecule has 1 aliphatic carbocycles. The van der Waals surface area contributed by atoms with Crippen LogP contribution in [0.3, 0.4) is 0 Å². The highest BCUT2D eigenvalue weighted by Crippen LogP contribution is 2.49. The van der Waals surface area contributed by atoms with Crippen molar-refractivity contribution in [2.24, 2.45) is 5.92 Å². The smallest absolute Gasteiger partial charge is 0.407 e. The van der Waals surface area contributed by atoms with Crippen LogP contribution in [0, 0.1) is 5.92 Å². The number of hydrogen-bond acceptors (Lipinski definition) is 3. The Morgan fingerprint density at radius 1 is 1.60 bits per heavy atom. The van der Waals surface area contributed by atoms with Crippen molar-refractivity contribution in [3.63, 3.8) is 0 Å². The maximum atomic E-state index is 13.8. The van der Waals surface area contributed by atoms with Crippen LogP contribution in [-0.2, 0) is 4.74 Å². The first-order valence-corrected chi connectivity index (χ1v) is 5.22. The number of alkyl carbamates (subject to hydrolysis) is 1. The van der Waals surface area contributed by atoms with Gasteiger partial charge in [0.1, 0.15) is 11.3 Å². The summed E-state index contributed by atoms with van der Waals surface area (Å²) in [5, 5.41) is 5.52. The molecule has 15 heavy (non-hydrogen) atoms. The number of halogens is 1. The summed E-state index contributed by atoms with van der Waals surface area (Å²) in [6.45, 7) is 6.32. The highest BCUT2D eigenvalue weighted by Gasteiger charge is 2.69. The normalized spacial score (nSPS) is 38.4. The molecule has 1 aliphatic heterocycles. The van der Waals surface area contributed by atoms with E-state index in [1.165, 1.54) is 0 Å². The van der Waals surface area contributed by atoms with Crippen LogP contribution in [0.15, 0.2) is 0 Å². The monoisotopic (exact) mass is 216 g/mol. The molecule has 2 rings (SSSR count). The first kappa shape index (κ1) is 10.7. The van der Waals surface area contributed by atoms with Crippen molar-refractivity contribution in [2.75, 3.05) is 13.1 Å². The van der Waals surface area contributed by atoms with E-state index in [1.807, 2.05) is 0 Å². The lowest BCUT2D eigenvalue weighted by molar-refractivity contribution is 0.0509. The summed E-state index contributed by atoms with van der Waals surface area (Å²) in [5.74, 6) is -0.0787. The molecule has 5 heteroatoms. The maximum absolute atomic E-state index is 13.8. The lowest BCUT2D eigenvalue weighted by Gasteiger charge is -2.20. The quantitative estimate of drug-likeness (QED) is 0.682. The Kier molecular flexibility index (Phi) is 2.19. The third kappa shape index (κ3) is 1.93. The zero-order chi connectivity index (χ0) is 11.3. The first-order valence-electron chi connectivity index (χ1n) is 5.22. The van der Waals surface area contributed by atoms with E-state index in [0.717, 1.165) is 0 Å². The second-order valence-corrected chi connectivity index (χ2v) is 5.29. The van der Waals surface area contributed by atoms with Crippen LogP contribution in [0.1, 0.15) is 20.8 Å². The van der Waals surface area contributed by atoms with Crippen LogP contribution in [0.25, 0.3) is 0 Å². The third-order valence-corrected chi connectivity index (χ3v) is 2.86. The summed E-state index contributed by atoms with van der Waals surface area (Å²) in [6.07, 6.45) is -0.529. The number of amides is 1. The molecule has 2 N–H and O–H groups in total. The van der Waals surface area contributed by atoms with E-state index in [4.69, 9.17) is 4.74 Å². The van der Waals surface area contributed by atoms with E-state index < -0.39 is 17.4 Å². The number of ether oxygens (including phenoxy) is 1. The molecule has 0 radical (unpaired) electrons. The minimum atomic E-state index is -1.24. The minimum Gasteiger partial charge on any atom is -0.444 e. The lowest BCUT2D eigenvalue weighted by Crippen LogP contribution is -2.39. The van der Waals surface area contributed by atoms with Gasteiger partial charge in [-0.15, -0.1) is 0 Å². The van der Waals surface area contributed by atoms with Crippen molar-refractivity contribution in [2.45, 2.75) is 38.1 Å². The maximum Gasteiger partial charge on any atom is 0.407 e. The molecule has 4 nitrogen and oxygen atoms in total. The van der Waals surface area contributed by atoms with E-state index in [1.54, 1.807) is 20.8 Å². The average Bonchev–Trinajstić information content (AvgIpc) is 2.45. The van der Waals surface area contributed by atoms with Gasteiger partial charge in [-0.3, -0.25) is 0 Å². The van der Waals surface area contributed by atoms with E-state index in [9.17, 15) is 9.18 Å².